The third-order valence-electron chi connectivity index (χ3n) is 5.32. The van der Waals surface area contributed by atoms with Crippen molar-refractivity contribution in [2.24, 2.45) is 11.8 Å². The van der Waals surface area contributed by atoms with Crippen molar-refractivity contribution >= 4 is 40.1 Å². The molecule has 2 aromatic carbocycles. The van der Waals surface area contributed by atoms with Gasteiger partial charge in [0.25, 0.3) is 0 Å². The van der Waals surface area contributed by atoms with E-state index in [1.807, 2.05) is 29.2 Å². The predicted octanol–water partition coefficient (Wildman–Crippen LogP) is 6.61. The molecule has 0 atom stereocenters. The van der Waals surface area contributed by atoms with Crippen LogP contribution < -0.4 is 9.64 Å². The first kappa shape index (κ1) is 23.7. The molecule has 1 aliphatic carbocycles. The third-order valence-corrected chi connectivity index (χ3v) is 6.48. The quantitative estimate of drug-likeness (QED) is 0.417. The van der Waals surface area contributed by atoms with E-state index in [0.29, 0.717) is 23.2 Å². The number of halogens is 1. The van der Waals surface area contributed by atoms with Gasteiger partial charge in [-0.25, -0.2) is 0 Å². The number of thioether (sulfide) groups is 1. The third kappa shape index (κ3) is 7.01. The van der Waals surface area contributed by atoms with Crippen LogP contribution in [0.4, 0.5) is 5.69 Å². The summed E-state index contributed by atoms with van der Waals surface area (Å²) in [4.78, 5) is 28.7. The molecule has 1 amide bonds. The zero-order chi connectivity index (χ0) is 22.2. The molecule has 31 heavy (non-hydrogen) atoms. The molecule has 0 saturated heterocycles. The number of amides is 1. The lowest BCUT2D eigenvalue weighted by Crippen LogP contribution is -2.39. The molecule has 0 heterocycles. The monoisotopic (exact) mass is 459 g/mol. The molecule has 0 aliphatic heterocycles. The summed E-state index contributed by atoms with van der Waals surface area (Å²) in [5.41, 5.74) is 0.816. The lowest BCUT2D eigenvalue weighted by molar-refractivity contribution is -0.123. The van der Waals surface area contributed by atoms with Crippen LogP contribution in [0.2, 0.25) is 5.02 Å². The molecule has 4 nitrogen and oxygen atoms in total. The predicted molar refractivity (Wildman–Crippen MR) is 128 cm³/mol. The van der Waals surface area contributed by atoms with E-state index in [1.54, 1.807) is 24.3 Å². The molecular formula is C25H30ClNO3S. The minimum atomic E-state index is -0.114. The van der Waals surface area contributed by atoms with E-state index in [-0.39, 0.29) is 23.5 Å². The molecule has 0 radical (unpaired) electrons. The number of anilines is 1. The van der Waals surface area contributed by atoms with Crippen LogP contribution in [0.3, 0.4) is 0 Å². The minimum absolute atomic E-state index is 0.0542. The Labute approximate surface area is 194 Å². The number of rotatable bonds is 8. The van der Waals surface area contributed by atoms with Gasteiger partial charge in [0.2, 0.25) is 11.0 Å². The van der Waals surface area contributed by atoms with Gasteiger partial charge < -0.3 is 9.64 Å². The number of carbonyl (C=O) groups excluding carboxylic acids is 2. The van der Waals surface area contributed by atoms with Gasteiger partial charge in [0.15, 0.2) is 6.61 Å². The first-order valence-electron chi connectivity index (χ1n) is 10.9. The summed E-state index contributed by atoms with van der Waals surface area (Å²) < 4.78 is 5.59. The van der Waals surface area contributed by atoms with E-state index in [0.717, 1.165) is 48.0 Å². The van der Waals surface area contributed by atoms with Gasteiger partial charge in [-0.3, -0.25) is 9.59 Å². The zero-order valence-corrected chi connectivity index (χ0v) is 19.8. The molecule has 0 bridgehead atoms. The Hall–Kier alpha value is -1.98. The average Bonchev–Trinajstić information content (AvgIpc) is 2.77. The van der Waals surface area contributed by atoms with Crippen molar-refractivity contribution in [3.05, 3.63) is 53.6 Å². The van der Waals surface area contributed by atoms with E-state index in [1.165, 1.54) is 6.42 Å². The van der Waals surface area contributed by atoms with Crippen LogP contribution in [0, 0.1) is 11.8 Å². The van der Waals surface area contributed by atoms with Crippen molar-refractivity contribution in [2.45, 2.75) is 50.8 Å². The standard InChI is InChI=1S/C25H30ClNO3S/c1-18(2)16-27(25(29)19-8-4-3-5-9-19)22-10-6-7-11-23(22)31-24(28)17-30-21-14-12-20(26)13-15-21/h6-7,10-15,18-19H,3-5,8-9,16-17H2,1-2H3. The molecule has 1 aliphatic rings. The van der Waals surface area contributed by atoms with Gasteiger partial charge in [0.05, 0.1) is 5.69 Å². The van der Waals surface area contributed by atoms with Crippen molar-refractivity contribution in [2.75, 3.05) is 18.1 Å². The molecule has 2 aromatic rings. The summed E-state index contributed by atoms with van der Waals surface area (Å²) in [6.45, 7) is 4.81. The fraction of sp³-hybridized carbons (Fsp3) is 0.440. The van der Waals surface area contributed by atoms with Crippen molar-refractivity contribution in [1.29, 1.82) is 0 Å². The van der Waals surface area contributed by atoms with Gasteiger partial charge in [-0.1, -0.05) is 56.8 Å². The average molecular weight is 460 g/mol. The molecule has 1 saturated carbocycles. The first-order valence-corrected chi connectivity index (χ1v) is 12.1. The summed E-state index contributed by atoms with van der Waals surface area (Å²) in [6.07, 6.45) is 5.35. The van der Waals surface area contributed by atoms with Crippen LogP contribution in [0.15, 0.2) is 53.4 Å². The number of hydrogen-bond donors (Lipinski definition) is 0. The van der Waals surface area contributed by atoms with E-state index in [4.69, 9.17) is 16.3 Å². The fourth-order valence-electron chi connectivity index (χ4n) is 3.83. The maximum Gasteiger partial charge on any atom is 0.231 e. The molecule has 0 N–H and O–H groups in total. The summed E-state index contributed by atoms with van der Waals surface area (Å²) >= 11 is 7.02. The normalized spacial score (nSPS) is 14.5. The smallest absolute Gasteiger partial charge is 0.231 e. The van der Waals surface area contributed by atoms with Crippen molar-refractivity contribution in [1.82, 2.24) is 0 Å². The molecule has 0 aromatic heterocycles. The summed E-state index contributed by atoms with van der Waals surface area (Å²) in [6, 6.07) is 14.6. The number of ether oxygens (including phenoxy) is 1. The molecule has 0 spiro atoms. The van der Waals surface area contributed by atoms with E-state index in [2.05, 4.69) is 13.8 Å². The Balaban J connectivity index is 1.73. The summed E-state index contributed by atoms with van der Waals surface area (Å²) in [5, 5.41) is 0.506. The summed E-state index contributed by atoms with van der Waals surface area (Å²) in [7, 11) is 0. The Morgan fingerprint density at radius 1 is 1.06 bits per heavy atom. The topological polar surface area (TPSA) is 46.6 Å². The molecule has 166 valence electrons. The Morgan fingerprint density at radius 3 is 2.42 bits per heavy atom. The number of para-hydroxylation sites is 1. The lowest BCUT2D eigenvalue weighted by atomic mass is 9.88. The summed E-state index contributed by atoms with van der Waals surface area (Å²) in [5.74, 6) is 1.19. The highest BCUT2D eigenvalue weighted by Gasteiger charge is 2.29. The Morgan fingerprint density at radius 2 is 1.74 bits per heavy atom. The molecule has 1 fully saturated rings. The van der Waals surface area contributed by atoms with Crippen LogP contribution in [0.25, 0.3) is 0 Å². The largest absolute Gasteiger partial charge is 0.485 e. The van der Waals surface area contributed by atoms with E-state index >= 15 is 0 Å². The van der Waals surface area contributed by atoms with Crippen molar-refractivity contribution in [3.8, 4) is 5.75 Å². The van der Waals surface area contributed by atoms with Crippen LogP contribution in [0.5, 0.6) is 5.75 Å². The van der Waals surface area contributed by atoms with Gasteiger partial charge in [-0.05, 0) is 66.9 Å². The maximum atomic E-state index is 13.4. The Kier molecular flexibility index (Phi) is 8.85. The van der Waals surface area contributed by atoms with Gasteiger partial charge in [-0.15, -0.1) is 0 Å². The number of hydrogen-bond acceptors (Lipinski definition) is 4. The van der Waals surface area contributed by atoms with Crippen LogP contribution >= 0.6 is 23.4 Å². The van der Waals surface area contributed by atoms with Gasteiger partial charge in [-0.2, -0.15) is 0 Å². The highest BCUT2D eigenvalue weighted by molar-refractivity contribution is 8.13. The fourth-order valence-corrected chi connectivity index (χ4v) is 4.75. The van der Waals surface area contributed by atoms with Crippen LogP contribution in [0.1, 0.15) is 46.0 Å². The molecule has 3 rings (SSSR count). The van der Waals surface area contributed by atoms with Crippen molar-refractivity contribution < 1.29 is 14.3 Å². The number of nitrogens with zero attached hydrogens (tertiary/aromatic N) is 1. The SMILES string of the molecule is CC(C)CN(C(=O)C1CCCCC1)c1ccccc1SC(=O)COc1ccc(Cl)cc1. The number of carbonyl (C=O) groups is 2. The highest BCUT2D eigenvalue weighted by atomic mass is 35.5. The molecule has 6 heteroatoms. The first-order chi connectivity index (χ1) is 14.9. The van der Waals surface area contributed by atoms with Gasteiger partial charge in [0, 0.05) is 22.4 Å². The zero-order valence-electron chi connectivity index (χ0n) is 18.2. The maximum absolute atomic E-state index is 13.4. The minimum Gasteiger partial charge on any atom is -0.485 e. The second-order valence-electron chi connectivity index (χ2n) is 8.36. The van der Waals surface area contributed by atoms with Gasteiger partial charge in [0.1, 0.15) is 5.75 Å². The number of benzene rings is 2. The van der Waals surface area contributed by atoms with E-state index < -0.39 is 0 Å². The highest BCUT2D eigenvalue weighted by Crippen LogP contribution is 2.34. The van der Waals surface area contributed by atoms with Gasteiger partial charge >= 0.3 is 0 Å². The van der Waals surface area contributed by atoms with Crippen LogP contribution in [-0.4, -0.2) is 24.2 Å². The van der Waals surface area contributed by atoms with E-state index in [9.17, 15) is 9.59 Å². The molecular weight excluding hydrogens is 430 g/mol. The lowest BCUT2D eigenvalue weighted by Gasteiger charge is -2.31. The Bertz CT molecular complexity index is 879. The second-order valence-corrected chi connectivity index (χ2v) is 9.90. The van der Waals surface area contributed by atoms with Crippen molar-refractivity contribution in [3.63, 3.8) is 0 Å². The van der Waals surface area contributed by atoms with Crippen LogP contribution in [-0.2, 0) is 9.59 Å². The second kappa shape index (κ2) is 11.6. The molecule has 0 unspecified atom stereocenters.